The highest BCUT2D eigenvalue weighted by Gasteiger charge is 2.40. The predicted molar refractivity (Wildman–Crippen MR) is 102 cm³/mol. The number of nitrogens with zero attached hydrogens (tertiary/aromatic N) is 3. The lowest BCUT2D eigenvalue weighted by Gasteiger charge is -2.36. The van der Waals surface area contributed by atoms with E-state index < -0.39 is 0 Å². The highest BCUT2D eigenvalue weighted by Crippen LogP contribution is 2.34. The van der Waals surface area contributed by atoms with Crippen LogP contribution in [0.3, 0.4) is 0 Å². The second-order valence-electron chi connectivity index (χ2n) is 7.18. The molecular formula is C19H26ClN5O. The van der Waals surface area contributed by atoms with Gasteiger partial charge in [0.1, 0.15) is 0 Å². The smallest absolute Gasteiger partial charge is 0.0949 e. The summed E-state index contributed by atoms with van der Waals surface area (Å²) in [6, 6.07) is 9.04. The van der Waals surface area contributed by atoms with Crippen molar-refractivity contribution in [1.29, 1.82) is 0 Å². The molecule has 1 aromatic carbocycles. The van der Waals surface area contributed by atoms with Gasteiger partial charge in [0, 0.05) is 56.5 Å². The number of hydrogen-bond donors (Lipinski definition) is 2. The number of imidazole rings is 1. The summed E-state index contributed by atoms with van der Waals surface area (Å²) in [6.07, 6.45) is 5.02. The third kappa shape index (κ3) is 3.80. The highest BCUT2D eigenvalue weighted by atomic mass is 35.5. The zero-order valence-electron chi connectivity index (χ0n) is 15.1. The Morgan fingerprint density at radius 2 is 2.12 bits per heavy atom. The maximum atomic E-state index is 6.05. The third-order valence-electron chi connectivity index (χ3n) is 5.54. The average Bonchev–Trinajstić information content (AvgIpc) is 3.27. The largest absolute Gasteiger partial charge is 0.383 e. The second kappa shape index (κ2) is 8.06. The Kier molecular flexibility index (Phi) is 5.57. The number of hydrazine groups is 1. The summed E-state index contributed by atoms with van der Waals surface area (Å²) in [7, 11) is 1.73. The van der Waals surface area contributed by atoms with Crippen molar-refractivity contribution in [2.45, 2.75) is 31.6 Å². The molecule has 0 bridgehead atoms. The molecule has 0 saturated carbocycles. The Morgan fingerprint density at radius 3 is 2.92 bits per heavy atom. The van der Waals surface area contributed by atoms with Gasteiger partial charge in [0.25, 0.3) is 0 Å². The van der Waals surface area contributed by atoms with Crippen molar-refractivity contribution in [3.63, 3.8) is 0 Å². The Labute approximate surface area is 159 Å². The molecule has 2 aromatic rings. The van der Waals surface area contributed by atoms with Gasteiger partial charge in [0.05, 0.1) is 24.7 Å². The first-order valence-electron chi connectivity index (χ1n) is 9.21. The minimum absolute atomic E-state index is 0.318. The Hall–Kier alpha value is -1.44. The van der Waals surface area contributed by atoms with Gasteiger partial charge in [-0.25, -0.2) is 10.4 Å². The fourth-order valence-corrected chi connectivity index (χ4v) is 4.24. The van der Waals surface area contributed by atoms with E-state index in [1.54, 1.807) is 7.11 Å². The van der Waals surface area contributed by atoms with Gasteiger partial charge in [0.2, 0.25) is 0 Å². The van der Waals surface area contributed by atoms with E-state index in [0.29, 0.717) is 24.6 Å². The molecule has 3 atom stereocenters. The molecule has 26 heavy (non-hydrogen) atoms. The molecular weight excluding hydrogens is 350 g/mol. The Morgan fingerprint density at radius 1 is 1.27 bits per heavy atom. The molecule has 2 aliphatic rings. The quantitative estimate of drug-likeness (QED) is 0.810. The van der Waals surface area contributed by atoms with Gasteiger partial charge in [-0.3, -0.25) is 10.3 Å². The molecule has 0 spiro atoms. The maximum absolute atomic E-state index is 6.05. The van der Waals surface area contributed by atoms with E-state index in [2.05, 4.69) is 37.4 Å². The van der Waals surface area contributed by atoms with Gasteiger partial charge < -0.3 is 9.30 Å². The van der Waals surface area contributed by atoms with Crippen LogP contribution in [0.1, 0.15) is 23.7 Å². The number of piperidine rings is 1. The average molecular weight is 376 g/mol. The van der Waals surface area contributed by atoms with Crippen LogP contribution in [0.2, 0.25) is 5.02 Å². The fourth-order valence-electron chi connectivity index (χ4n) is 4.12. The van der Waals surface area contributed by atoms with Crippen LogP contribution in [-0.2, 0) is 17.8 Å². The summed E-state index contributed by atoms with van der Waals surface area (Å²) >= 11 is 6.05. The normalized spacial score (nSPS) is 26.2. The summed E-state index contributed by atoms with van der Waals surface area (Å²) in [5, 5.41) is 0.783. The van der Waals surface area contributed by atoms with E-state index in [4.69, 9.17) is 16.3 Å². The molecule has 0 aliphatic carbocycles. The predicted octanol–water partition coefficient (Wildman–Crippen LogP) is 2.22. The summed E-state index contributed by atoms with van der Waals surface area (Å²) in [4.78, 5) is 6.86. The lowest BCUT2D eigenvalue weighted by atomic mass is 9.85. The van der Waals surface area contributed by atoms with Crippen molar-refractivity contribution in [3.8, 4) is 0 Å². The third-order valence-corrected chi connectivity index (χ3v) is 5.80. The van der Waals surface area contributed by atoms with Crippen molar-refractivity contribution < 1.29 is 4.74 Å². The molecule has 2 aliphatic heterocycles. The first kappa shape index (κ1) is 17.9. The molecule has 2 N–H and O–H groups in total. The molecule has 4 rings (SSSR count). The van der Waals surface area contributed by atoms with E-state index in [9.17, 15) is 0 Å². The minimum Gasteiger partial charge on any atom is -0.383 e. The number of fused-ring (bicyclic) bond motifs is 1. The van der Waals surface area contributed by atoms with Gasteiger partial charge >= 0.3 is 0 Å². The number of ether oxygens (including phenoxy) is 1. The van der Waals surface area contributed by atoms with E-state index >= 15 is 0 Å². The maximum Gasteiger partial charge on any atom is 0.0949 e. The van der Waals surface area contributed by atoms with Crippen LogP contribution in [-0.4, -0.2) is 47.3 Å². The number of nitrogens with one attached hydrogen (secondary N) is 2. The number of benzene rings is 1. The van der Waals surface area contributed by atoms with Gasteiger partial charge in [-0.2, -0.15) is 0 Å². The van der Waals surface area contributed by atoms with Crippen LogP contribution in [0.5, 0.6) is 0 Å². The summed E-state index contributed by atoms with van der Waals surface area (Å²) < 4.78 is 7.39. The van der Waals surface area contributed by atoms with Crippen LogP contribution in [0.25, 0.3) is 0 Å². The second-order valence-corrected chi connectivity index (χ2v) is 7.62. The topological polar surface area (TPSA) is 54.4 Å². The van der Waals surface area contributed by atoms with Gasteiger partial charge in [-0.15, -0.1) is 0 Å². The number of methoxy groups -OCH3 is 1. The first-order chi connectivity index (χ1) is 12.7. The van der Waals surface area contributed by atoms with Crippen molar-refractivity contribution >= 4 is 11.6 Å². The number of hydrogen-bond acceptors (Lipinski definition) is 5. The van der Waals surface area contributed by atoms with Gasteiger partial charge in [-0.1, -0.05) is 23.7 Å². The van der Waals surface area contributed by atoms with Crippen LogP contribution < -0.4 is 10.9 Å². The molecule has 3 unspecified atom stereocenters. The molecule has 0 amide bonds. The number of halogens is 1. The van der Waals surface area contributed by atoms with Crippen LogP contribution >= 0.6 is 11.6 Å². The fraction of sp³-hybridized carbons (Fsp3) is 0.526. The van der Waals surface area contributed by atoms with Crippen molar-refractivity contribution in [1.82, 2.24) is 25.3 Å². The van der Waals surface area contributed by atoms with Gasteiger partial charge in [0.15, 0.2) is 0 Å². The van der Waals surface area contributed by atoms with Crippen molar-refractivity contribution in [3.05, 3.63) is 53.1 Å². The molecule has 2 saturated heterocycles. The zero-order chi connectivity index (χ0) is 17.9. The minimum atomic E-state index is 0.318. The van der Waals surface area contributed by atoms with Crippen molar-refractivity contribution in [2.75, 3.05) is 26.8 Å². The summed E-state index contributed by atoms with van der Waals surface area (Å²) in [5.74, 6) is 0.542. The van der Waals surface area contributed by atoms with Crippen LogP contribution in [0.4, 0.5) is 0 Å². The van der Waals surface area contributed by atoms with Crippen LogP contribution in [0, 0.1) is 5.92 Å². The van der Waals surface area contributed by atoms with E-state index in [1.807, 2.05) is 24.7 Å². The Balaban J connectivity index is 1.43. The van der Waals surface area contributed by atoms with E-state index in [0.717, 1.165) is 37.6 Å². The molecule has 7 heteroatoms. The van der Waals surface area contributed by atoms with Crippen molar-refractivity contribution in [2.24, 2.45) is 5.92 Å². The van der Waals surface area contributed by atoms with Crippen LogP contribution in [0.15, 0.2) is 36.8 Å². The highest BCUT2D eigenvalue weighted by molar-refractivity contribution is 6.30. The summed E-state index contributed by atoms with van der Waals surface area (Å²) in [5.41, 5.74) is 9.54. The molecule has 3 heterocycles. The van der Waals surface area contributed by atoms with E-state index in [-0.39, 0.29) is 0 Å². The first-order valence-corrected chi connectivity index (χ1v) is 9.59. The Bertz CT molecular complexity index is 719. The standard InChI is InChI=1S/C19H26ClN5O/c1-26-9-8-25-13-21-10-16(25)11-24-7-6-18-17(12-24)19(23-22-18)14-2-4-15(20)5-3-14/h2-5,10,13,17-19,22-23H,6-9,11-12H2,1H3. The molecule has 140 valence electrons. The van der Waals surface area contributed by atoms with Gasteiger partial charge in [-0.05, 0) is 24.1 Å². The molecule has 6 nitrogen and oxygen atoms in total. The molecule has 1 aromatic heterocycles. The van der Waals surface area contributed by atoms with E-state index in [1.165, 1.54) is 11.3 Å². The molecule has 0 radical (unpaired) electrons. The number of aromatic nitrogens is 2. The zero-order valence-corrected chi connectivity index (χ0v) is 15.8. The molecule has 2 fully saturated rings. The number of rotatable bonds is 6. The number of likely N-dealkylation sites (tertiary alicyclic amines) is 1. The summed E-state index contributed by atoms with van der Waals surface area (Å²) in [6.45, 7) is 4.65. The monoisotopic (exact) mass is 375 g/mol. The SMILES string of the molecule is COCCn1cncc1CN1CCC2NNC(c3ccc(Cl)cc3)C2C1. The lowest BCUT2D eigenvalue weighted by Crippen LogP contribution is -2.45. The lowest BCUT2D eigenvalue weighted by molar-refractivity contribution is 0.143.